The Balaban J connectivity index is 1.43. The predicted molar refractivity (Wildman–Crippen MR) is 117 cm³/mol. The summed E-state index contributed by atoms with van der Waals surface area (Å²) in [5.41, 5.74) is 3.13. The summed E-state index contributed by atoms with van der Waals surface area (Å²) in [5.74, 6) is 0.201. The van der Waals surface area contributed by atoms with E-state index in [0.717, 1.165) is 37.0 Å². The molecule has 162 valence electrons. The molecule has 1 aliphatic carbocycles. The van der Waals surface area contributed by atoms with Crippen molar-refractivity contribution in [3.05, 3.63) is 65.3 Å². The largest absolute Gasteiger partial charge is 0.360 e. The molecule has 4 heterocycles. The lowest BCUT2D eigenvalue weighted by atomic mass is 9.96. The molecule has 0 saturated heterocycles. The lowest BCUT2D eigenvalue weighted by Crippen LogP contribution is -2.16. The smallest absolute Gasteiger partial charge is 0.278 e. The molecule has 0 radical (unpaired) electrons. The Bertz CT molecular complexity index is 1340. The van der Waals surface area contributed by atoms with Gasteiger partial charge in [-0.2, -0.15) is 0 Å². The number of rotatable bonds is 5. The summed E-state index contributed by atoms with van der Waals surface area (Å²) < 4.78 is 7.27. The van der Waals surface area contributed by atoms with Gasteiger partial charge in [-0.1, -0.05) is 5.16 Å². The van der Waals surface area contributed by atoms with Crippen LogP contribution in [0.2, 0.25) is 0 Å². The molecule has 0 unspecified atom stereocenters. The van der Waals surface area contributed by atoms with Crippen molar-refractivity contribution in [2.75, 3.05) is 5.32 Å². The fourth-order valence-corrected chi connectivity index (χ4v) is 4.10. The first-order valence-corrected chi connectivity index (χ1v) is 10.6. The van der Waals surface area contributed by atoms with Crippen molar-refractivity contribution >= 4 is 28.4 Å². The molecule has 4 aromatic heterocycles. The van der Waals surface area contributed by atoms with Gasteiger partial charge in [-0.3, -0.25) is 14.6 Å². The van der Waals surface area contributed by atoms with Crippen molar-refractivity contribution in [1.82, 2.24) is 24.7 Å². The van der Waals surface area contributed by atoms with Gasteiger partial charge in [0.05, 0.1) is 17.4 Å². The number of carbonyl (C=O) groups is 2. The molecule has 4 aromatic rings. The molecule has 9 heteroatoms. The SMILES string of the molecule is CC(C)n1cc(C(=O)c2cncc(NC(=O)c3noc4c3CCCC4)c2)c2cncnc21. The Kier molecular flexibility index (Phi) is 5.01. The Labute approximate surface area is 183 Å². The van der Waals surface area contributed by atoms with Crippen molar-refractivity contribution < 1.29 is 14.1 Å². The summed E-state index contributed by atoms with van der Waals surface area (Å²) in [6, 6.07) is 1.74. The van der Waals surface area contributed by atoms with Crippen LogP contribution in [0.15, 0.2) is 41.7 Å². The summed E-state index contributed by atoms with van der Waals surface area (Å²) in [6.07, 6.45) is 11.5. The monoisotopic (exact) mass is 430 g/mol. The molecule has 5 rings (SSSR count). The number of anilines is 1. The maximum absolute atomic E-state index is 13.3. The molecule has 0 spiro atoms. The van der Waals surface area contributed by atoms with Crippen LogP contribution in [0.5, 0.6) is 0 Å². The van der Waals surface area contributed by atoms with Crippen LogP contribution in [0.4, 0.5) is 5.69 Å². The van der Waals surface area contributed by atoms with E-state index in [0.29, 0.717) is 33.5 Å². The Hall–Kier alpha value is -3.88. The number of pyridine rings is 1. The zero-order valence-electron chi connectivity index (χ0n) is 17.8. The average molecular weight is 430 g/mol. The van der Waals surface area contributed by atoms with E-state index < -0.39 is 0 Å². The van der Waals surface area contributed by atoms with Crippen LogP contribution in [0.1, 0.15) is 70.5 Å². The van der Waals surface area contributed by atoms with Gasteiger partial charge >= 0.3 is 0 Å². The molecule has 0 fully saturated rings. The standard InChI is InChI=1S/C23H22N6O3/c1-13(2)29-11-18(17-10-25-12-26-22(17)29)21(30)14-7-15(9-24-8-14)27-23(31)20-16-5-3-4-6-19(16)32-28-20/h7-13H,3-6H2,1-2H3,(H,27,31). The minimum Gasteiger partial charge on any atom is -0.360 e. The van der Waals surface area contributed by atoms with Crippen molar-refractivity contribution in [3.63, 3.8) is 0 Å². The van der Waals surface area contributed by atoms with Gasteiger partial charge in [0.1, 0.15) is 17.7 Å². The topological polar surface area (TPSA) is 116 Å². The second kappa shape index (κ2) is 7.99. The quantitative estimate of drug-likeness (QED) is 0.479. The van der Waals surface area contributed by atoms with E-state index in [4.69, 9.17) is 4.52 Å². The molecular formula is C23H22N6O3. The molecular weight excluding hydrogens is 408 g/mol. The van der Waals surface area contributed by atoms with Gasteiger partial charge in [-0.15, -0.1) is 0 Å². The normalized spacial score (nSPS) is 13.3. The molecule has 1 amide bonds. The lowest BCUT2D eigenvalue weighted by Gasteiger charge is -2.09. The van der Waals surface area contributed by atoms with Crippen molar-refractivity contribution in [2.45, 2.75) is 45.6 Å². The maximum Gasteiger partial charge on any atom is 0.278 e. The van der Waals surface area contributed by atoms with Gasteiger partial charge in [-0.05, 0) is 39.2 Å². The molecule has 1 N–H and O–H groups in total. The van der Waals surface area contributed by atoms with Crippen LogP contribution >= 0.6 is 0 Å². The average Bonchev–Trinajstić information content (AvgIpc) is 3.41. The van der Waals surface area contributed by atoms with Gasteiger partial charge in [0.2, 0.25) is 0 Å². The number of carbonyl (C=O) groups excluding carboxylic acids is 2. The predicted octanol–water partition coefficient (Wildman–Crippen LogP) is 3.76. The number of aromatic nitrogens is 5. The number of hydrogen-bond acceptors (Lipinski definition) is 7. The fourth-order valence-electron chi connectivity index (χ4n) is 4.10. The first-order valence-electron chi connectivity index (χ1n) is 10.6. The van der Waals surface area contributed by atoms with E-state index in [-0.39, 0.29) is 17.7 Å². The van der Waals surface area contributed by atoms with E-state index in [1.807, 2.05) is 18.4 Å². The Morgan fingerprint density at radius 3 is 2.81 bits per heavy atom. The van der Waals surface area contributed by atoms with Crippen LogP contribution in [-0.4, -0.2) is 36.4 Å². The second-order valence-corrected chi connectivity index (χ2v) is 8.19. The molecule has 0 aliphatic heterocycles. The minimum absolute atomic E-state index is 0.131. The van der Waals surface area contributed by atoms with E-state index >= 15 is 0 Å². The van der Waals surface area contributed by atoms with Gasteiger partial charge in [-0.25, -0.2) is 9.97 Å². The first kappa shape index (κ1) is 20.0. The molecule has 1 aliphatic rings. The highest BCUT2D eigenvalue weighted by Gasteiger charge is 2.25. The van der Waals surface area contributed by atoms with Gasteiger partial charge in [0, 0.05) is 47.6 Å². The fraction of sp³-hybridized carbons (Fsp3) is 0.304. The highest BCUT2D eigenvalue weighted by atomic mass is 16.5. The van der Waals surface area contributed by atoms with E-state index in [1.54, 1.807) is 18.5 Å². The Morgan fingerprint density at radius 2 is 1.97 bits per heavy atom. The third-order valence-electron chi connectivity index (χ3n) is 5.72. The molecule has 0 bridgehead atoms. The lowest BCUT2D eigenvalue weighted by molar-refractivity contribution is 0.101. The van der Waals surface area contributed by atoms with Crippen molar-refractivity contribution in [2.24, 2.45) is 0 Å². The van der Waals surface area contributed by atoms with Crippen molar-refractivity contribution in [1.29, 1.82) is 0 Å². The first-order chi connectivity index (χ1) is 15.5. The Morgan fingerprint density at radius 1 is 1.12 bits per heavy atom. The number of hydrogen-bond donors (Lipinski definition) is 1. The van der Waals surface area contributed by atoms with Crippen molar-refractivity contribution in [3.8, 4) is 0 Å². The number of fused-ring (bicyclic) bond motifs is 2. The van der Waals surface area contributed by atoms with Crippen LogP contribution < -0.4 is 5.32 Å². The van der Waals surface area contributed by atoms with Crippen LogP contribution in [0.3, 0.4) is 0 Å². The van der Waals surface area contributed by atoms with E-state index in [9.17, 15) is 9.59 Å². The van der Waals surface area contributed by atoms with Crippen LogP contribution in [0.25, 0.3) is 11.0 Å². The maximum atomic E-state index is 13.3. The highest BCUT2D eigenvalue weighted by Crippen LogP contribution is 2.26. The summed E-state index contributed by atoms with van der Waals surface area (Å²) in [6.45, 7) is 4.05. The van der Waals surface area contributed by atoms with Crippen LogP contribution in [-0.2, 0) is 12.8 Å². The third-order valence-corrected chi connectivity index (χ3v) is 5.72. The molecule has 0 saturated carbocycles. The number of ketones is 1. The number of aryl methyl sites for hydroxylation is 1. The van der Waals surface area contributed by atoms with E-state index in [2.05, 4.69) is 25.4 Å². The number of nitrogens with one attached hydrogen (secondary N) is 1. The molecule has 0 aromatic carbocycles. The number of amides is 1. The molecule has 32 heavy (non-hydrogen) atoms. The summed E-state index contributed by atoms with van der Waals surface area (Å²) in [4.78, 5) is 38.7. The summed E-state index contributed by atoms with van der Waals surface area (Å²) in [5, 5.41) is 7.43. The van der Waals surface area contributed by atoms with E-state index in [1.165, 1.54) is 18.7 Å². The number of nitrogens with zero attached hydrogens (tertiary/aromatic N) is 5. The second-order valence-electron chi connectivity index (χ2n) is 8.19. The zero-order chi connectivity index (χ0) is 22.2. The van der Waals surface area contributed by atoms with Gasteiger partial charge in [0.15, 0.2) is 11.5 Å². The summed E-state index contributed by atoms with van der Waals surface area (Å²) >= 11 is 0. The third kappa shape index (κ3) is 3.45. The highest BCUT2D eigenvalue weighted by molar-refractivity contribution is 6.16. The van der Waals surface area contributed by atoms with Gasteiger partial charge in [0.25, 0.3) is 5.91 Å². The minimum atomic E-state index is -0.367. The zero-order valence-corrected chi connectivity index (χ0v) is 17.8. The summed E-state index contributed by atoms with van der Waals surface area (Å²) in [7, 11) is 0. The van der Waals surface area contributed by atoms with Gasteiger partial charge < -0.3 is 14.4 Å². The van der Waals surface area contributed by atoms with Crippen LogP contribution in [0, 0.1) is 0 Å². The molecule has 9 nitrogen and oxygen atoms in total. The molecule has 0 atom stereocenters.